The number of nitrogens with one attached hydrogen (secondary N) is 1. The van der Waals surface area contributed by atoms with E-state index < -0.39 is 15.9 Å². The first-order valence-electron chi connectivity index (χ1n) is 9.34. The van der Waals surface area contributed by atoms with Crippen molar-refractivity contribution in [2.24, 2.45) is 0 Å². The Morgan fingerprint density at radius 1 is 1.00 bits per heavy atom. The van der Waals surface area contributed by atoms with Gasteiger partial charge in [-0.05, 0) is 55.3 Å². The monoisotopic (exact) mass is 456 g/mol. The summed E-state index contributed by atoms with van der Waals surface area (Å²) in [6.07, 6.45) is 3.88. The van der Waals surface area contributed by atoms with Crippen LogP contribution in [0.1, 0.15) is 25.7 Å². The third-order valence-electron chi connectivity index (χ3n) is 4.60. The lowest BCUT2D eigenvalue weighted by Crippen LogP contribution is -2.31. The van der Waals surface area contributed by atoms with E-state index in [1.165, 1.54) is 16.4 Å². The topological polar surface area (TPSA) is 75.7 Å². The summed E-state index contributed by atoms with van der Waals surface area (Å²) in [6.45, 7) is 0.848. The molecule has 0 aromatic heterocycles. The van der Waals surface area contributed by atoms with Crippen LogP contribution in [0.2, 0.25) is 10.0 Å². The Morgan fingerprint density at radius 2 is 1.66 bits per heavy atom. The second-order valence-corrected chi connectivity index (χ2v) is 9.53. The molecule has 2 aromatic carbocycles. The summed E-state index contributed by atoms with van der Waals surface area (Å²) in [5.41, 5.74) is 0.395. The molecule has 1 saturated heterocycles. The summed E-state index contributed by atoms with van der Waals surface area (Å²) in [6, 6.07) is 10.8. The SMILES string of the molecule is O=C(COc1ccc(S(=O)(=O)N2CCCCCC2)cc1)Nc1cc(Cl)ccc1Cl. The molecule has 0 aliphatic carbocycles. The minimum atomic E-state index is -3.51. The molecule has 0 radical (unpaired) electrons. The molecule has 0 unspecified atom stereocenters. The zero-order chi connectivity index (χ0) is 20.9. The van der Waals surface area contributed by atoms with E-state index in [0.717, 1.165) is 25.7 Å². The van der Waals surface area contributed by atoms with Gasteiger partial charge >= 0.3 is 0 Å². The lowest BCUT2D eigenvalue weighted by molar-refractivity contribution is -0.118. The third-order valence-corrected chi connectivity index (χ3v) is 7.08. The first-order chi connectivity index (χ1) is 13.9. The molecule has 0 spiro atoms. The Bertz CT molecular complexity index is 957. The van der Waals surface area contributed by atoms with Gasteiger partial charge < -0.3 is 10.1 Å². The van der Waals surface area contributed by atoms with E-state index in [1.807, 2.05) is 0 Å². The zero-order valence-corrected chi connectivity index (χ0v) is 18.1. The number of benzene rings is 2. The fraction of sp³-hybridized carbons (Fsp3) is 0.350. The first-order valence-corrected chi connectivity index (χ1v) is 11.5. The third kappa shape index (κ3) is 5.85. The van der Waals surface area contributed by atoms with Crippen molar-refractivity contribution < 1.29 is 17.9 Å². The number of amides is 1. The number of nitrogens with zero attached hydrogens (tertiary/aromatic N) is 1. The molecular formula is C20H22Cl2N2O4S. The average molecular weight is 457 g/mol. The van der Waals surface area contributed by atoms with Crippen LogP contribution in [0.4, 0.5) is 5.69 Å². The summed E-state index contributed by atoms with van der Waals surface area (Å²) in [5.74, 6) is -0.0115. The molecule has 1 aliphatic heterocycles. The second-order valence-electron chi connectivity index (χ2n) is 6.75. The van der Waals surface area contributed by atoms with Crippen molar-refractivity contribution in [2.75, 3.05) is 25.0 Å². The van der Waals surface area contributed by atoms with E-state index in [4.69, 9.17) is 27.9 Å². The van der Waals surface area contributed by atoms with Crippen LogP contribution in [-0.2, 0) is 14.8 Å². The molecule has 6 nitrogen and oxygen atoms in total. The number of halogens is 2. The summed E-state index contributed by atoms with van der Waals surface area (Å²) < 4.78 is 32.5. The molecule has 0 bridgehead atoms. The minimum absolute atomic E-state index is 0.224. The van der Waals surface area contributed by atoms with E-state index >= 15 is 0 Å². The highest BCUT2D eigenvalue weighted by Gasteiger charge is 2.25. The van der Waals surface area contributed by atoms with Crippen molar-refractivity contribution in [1.29, 1.82) is 0 Å². The fourth-order valence-corrected chi connectivity index (χ4v) is 4.92. The van der Waals surface area contributed by atoms with Crippen LogP contribution in [0.15, 0.2) is 47.4 Å². The maximum Gasteiger partial charge on any atom is 0.262 e. The standard InChI is InChI=1S/C20H22Cl2N2O4S/c21-15-5-10-18(22)19(13-15)23-20(25)14-28-16-6-8-17(9-7-16)29(26,27)24-11-3-1-2-4-12-24/h5-10,13H,1-4,11-12,14H2,(H,23,25). The van der Waals surface area contributed by atoms with Crippen molar-refractivity contribution in [3.05, 3.63) is 52.5 Å². The molecule has 0 saturated carbocycles. The smallest absolute Gasteiger partial charge is 0.262 e. The molecule has 1 N–H and O–H groups in total. The molecule has 1 aliphatic rings. The number of carbonyl (C=O) groups excluding carboxylic acids is 1. The Balaban J connectivity index is 1.59. The van der Waals surface area contributed by atoms with E-state index in [-0.39, 0.29) is 11.5 Å². The zero-order valence-electron chi connectivity index (χ0n) is 15.7. The summed E-state index contributed by atoms with van der Waals surface area (Å²) in [5, 5.41) is 3.44. The molecule has 3 rings (SSSR count). The Kier molecular flexibility index (Phi) is 7.40. The van der Waals surface area contributed by atoms with Gasteiger partial charge in [-0.3, -0.25) is 4.79 Å². The molecule has 1 amide bonds. The lowest BCUT2D eigenvalue weighted by atomic mass is 10.2. The second kappa shape index (κ2) is 9.80. The normalized spacial score (nSPS) is 15.5. The number of anilines is 1. The van der Waals surface area contributed by atoms with Crippen LogP contribution in [0, 0.1) is 0 Å². The van der Waals surface area contributed by atoms with E-state index in [9.17, 15) is 13.2 Å². The highest BCUT2D eigenvalue weighted by molar-refractivity contribution is 7.89. The van der Waals surface area contributed by atoms with Gasteiger partial charge in [0.2, 0.25) is 10.0 Å². The predicted octanol–water partition coefficient (Wildman–Crippen LogP) is 4.58. The molecule has 2 aromatic rings. The maximum absolute atomic E-state index is 12.8. The molecular weight excluding hydrogens is 435 g/mol. The number of ether oxygens (including phenoxy) is 1. The molecule has 1 fully saturated rings. The van der Waals surface area contributed by atoms with Gasteiger partial charge in [-0.1, -0.05) is 36.0 Å². The van der Waals surface area contributed by atoms with E-state index in [2.05, 4.69) is 5.32 Å². The molecule has 0 atom stereocenters. The Labute approximate surface area is 180 Å². The summed E-state index contributed by atoms with van der Waals surface area (Å²) in [7, 11) is -3.51. The van der Waals surface area contributed by atoms with Crippen LogP contribution in [0.5, 0.6) is 5.75 Å². The van der Waals surface area contributed by atoms with Gasteiger partial charge in [-0.15, -0.1) is 0 Å². The number of rotatable bonds is 6. The van der Waals surface area contributed by atoms with E-state index in [1.54, 1.807) is 30.3 Å². The van der Waals surface area contributed by atoms with Crippen molar-refractivity contribution >= 4 is 44.8 Å². The van der Waals surface area contributed by atoms with Gasteiger partial charge in [0, 0.05) is 18.1 Å². The van der Waals surface area contributed by atoms with Gasteiger partial charge in [0.05, 0.1) is 15.6 Å². The Morgan fingerprint density at radius 3 is 2.31 bits per heavy atom. The predicted molar refractivity (Wildman–Crippen MR) is 114 cm³/mol. The first kappa shape index (κ1) is 21.9. The molecule has 1 heterocycles. The number of hydrogen-bond acceptors (Lipinski definition) is 4. The van der Waals surface area contributed by atoms with Crippen molar-refractivity contribution in [1.82, 2.24) is 4.31 Å². The number of sulfonamides is 1. The van der Waals surface area contributed by atoms with Crippen molar-refractivity contribution in [3.8, 4) is 5.75 Å². The van der Waals surface area contributed by atoms with Gasteiger partial charge in [0.25, 0.3) is 5.91 Å². The van der Waals surface area contributed by atoms with Crippen LogP contribution in [-0.4, -0.2) is 38.3 Å². The van der Waals surface area contributed by atoms with Crippen LogP contribution in [0.25, 0.3) is 0 Å². The number of carbonyl (C=O) groups is 1. The molecule has 9 heteroatoms. The highest BCUT2D eigenvalue weighted by atomic mass is 35.5. The highest BCUT2D eigenvalue weighted by Crippen LogP contribution is 2.26. The minimum Gasteiger partial charge on any atom is -0.484 e. The maximum atomic E-state index is 12.8. The van der Waals surface area contributed by atoms with Crippen molar-refractivity contribution in [3.63, 3.8) is 0 Å². The van der Waals surface area contributed by atoms with Gasteiger partial charge in [0.1, 0.15) is 5.75 Å². The van der Waals surface area contributed by atoms with Crippen LogP contribution < -0.4 is 10.1 Å². The molecule has 156 valence electrons. The van der Waals surface area contributed by atoms with Gasteiger partial charge in [0.15, 0.2) is 6.61 Å². The Hall–Kier alpha value is -1.80. The largest absolute Gasteiger partial charge is 0.484 e. The number of hydrogen-bond donors (Lipinski definition) is 1. The van der Waals surface area contributed by atoms with Gasteiger partial charge in [-0.25, -0.2) is 8.42 Å². The van der Waals surface area contributed by atoms with E-state index in [0.29, 0.717) is 34.6 Å². The fourth-order valence-electron chi connectivity index (χ4n) is 3.07. The van der Waals surface area contributed by atoms with Crippen LogP contribution in [0.3, 0.4) is 0 Å². The van der Waals surface area contributed by atoms with Crippen LogP contribution >= 0.6 is 23.2 Å². The molecule has 29 heavy (non-hydrogen) atoms. The van der Waals surface area contributed by atoms with Crippen molar-refractivity contribution in [2.45, 2.75) is 30.6 Å². The van der Waals surface area contributed by atoms with Gasteiger partial charge in [-0.2, -0.15) is 4.31 Å². The average Bonchev–Trinajstić information content (AvgIpc) is 3.00. The lowest BCUT2D eigenvalue weighted by Gasteiger charge is -2.20. The quantitative estimate of drug-likeness (QED) is 0.689. The summed E-state index contributed by atoms with van der Waals surface area (Å²) in [4.78, 5) is 12.3. The summed E-state index contributed by atoms with van der Waals surface area (Å²) >= 11 is 11.9.